The summed E-state index contributed by atoms with van der Waals surface area (Å²) in [6.07, 6.45) is 0. The van der Waals surface area contributed by atoms with Crippen LogP contribution >= 0.6 is 23.7 Å². The molecule has 0 amide bonds. The molecule has 0 radical (unpaired) electrons. The van der Waals surface area contributed by atoms with Crippen molar-refractivity contribution in [2.45, 2.75) is 13.8 Å². The van der Waals surface area contributed by atoms with E-state index in [0.29, 0.717) is 18.6 Å². The van der Waals surface area contributed by atoms with E-state index in [9.17, 15) is 0 Å². The molecule has 0 bridgehead atoms. The molecule has 0 fully saturated rings. The summed E-state index contributed by atoms with van der Waals surface area (Å²) in [6.45, 7) is 4.98. The highest BCUT2D eigenvalue weighted by molar-refractivity contribution is 7.83. The maximum absolute atomic E-state index is 5.94. The minimum absolute atomic E-state index is 0.496. The molecule has 0 saturated carbocycles. The third-order valence-electron chi connectivity index (χ3n) is 0.909. The van der Waals surface area contributed by atoms with Crippen LogP contribution < -0.4 is 0 Å². The largest absolute Gasteiger partial charge is 0.453 e. The van der Waals surface area contributed by atoms with E-state index < -0.39 is 7.87 Å². The zero-order valence-electron chi connectivity index (χ0n) is 6.26. The Morgan fingerprint density at radius 1 is 1.30 bits per heavy atom. The van der Waals surface area contributed by atoms with Crippen molar-refractivity contribution in [2.24, 2.45) is 0 Å². The van der Waals surface area contributed by atoms with Crippen molar-refractivity contribution in [1.82, 2.24) is 0 Å². The quantitative estimate of drug-likeness (QED) is 0.414. The SMILES string of the molecule is CCO[Si](Cl)(CS)OCC. The van der Waals surface area contributed by atoms with Gasteiger partial charge >= 0.3 is 7.87 Å². The Bertz CT molecular complexity index is 87.7. The van der Waals surface area contributed by atoms with Crippen molar-refractivity contribution in [2.75, 3.05) is 18.6 Å². The second-order valence-corrected chi connectivity index (χ2v) is 6.57. The molecule has 0 aliphatic carbocycles. The van der Waals surface area contributed by atoms with Crippen LogP contribution in [-0.4, -0.2) is 26.5 Å². The summed E-state index contributed by atoms with van der Waals surface area (Å²) >= 11 is 9.99. The van der Waals surface area contributed by atoms with Gasteiger partial charge in [0.2, 0.25) is 0 Å². The molecule has 10 heavy (non-hydrogen) atoms. The zero-order chi connectivity index (χ0) is 8.04. The van der Waals surface area contributed by atoms with E-state index in [1.54, 1.807) is 0 Å². The van der Waals surface area contributed by atoms with Crippen molar-refractivity contribution in [3.63, 3.8) is 0 Å². The molecule has 0 N–H and O–H groups in total. The molecule has 0 aromatic heterocycles. The first-order valence-electron chi connectivity index (χ1n) is 3.26. The van der Waals surface area contributed by atoms with E-state index >= 15 is 0 Å². The Balaban J connectivity index is 3.69. The van der Waals surface area contributed by atoms with Gasteiger partial charge in [0.15, 0.2) is 0 Å². The Morgan fingerprint density at radius 3 is 1.90 bits per heavy atom. The smallest absolute Gasteiger partial charge is 0.383 e. The molecular weight excluding hydrogens is 188 g/mol. The summed E-state index contributed by atoms with van der Waals surface area (Å²) in [7, 11) is -2.39. The van der Waals surface area contributed by atoms with Gasteiger partial charge in [-0.15, -0.1) is 0 Å². The van der Waals surface area contributed by atoms with Crippen LogP contribution in [0.1, 0.15) is 13.8 Å². The molecule has 0 unspecified atom stereocenters. The van der Waals surface area contributed by atoms with Gasteiger partial charge in [0.1, 0.15) is 0 Å². The van der Waals surface area contributed by atoms with Gasteiger partial charge < -0.3 is 8.85 Å². The molecule has 62 valence electrons. The van der Waals surface area contributed by atoms with Crippen LogP contribution in [0.3, 0.4) is 0 Å². The standard InChI is InChI=1S/C5H13ClO2SSi/c1-3-7-10(6,5-9)8-4-2/h9H,3-5H2,1-2H3. The van der Waals surface area contributed by atoms with Crippen LogP contribution in [0.5, 0.6) is 0 Å². The van der Waals surface area contributed by atoms with E-state index in [0.717, 1.165) is 0 Å². The van der Waals surface area contributed by atoms with Crippen molar-refractivity contribution in [3.8, 4) is 0 Å². The normalized spacial score (nSPS) is 12.0. The second-order valence-electron chi connectivity index (χ2n) is 1.68. The highest BCUT2D eigenvalue weighted by Crippen LogP contribution is 2.13. The van der Waals surface area contributed by atoms with Crippen LogP contribution in [-0.2, 0) is 8.85 Å². The van der Waals surface area contributed by atoms with Gasteiger partial charge in [-0.3, -0.25) is 0 Å². The van der Waals surface area contributed by atoms with Crippen LogP contribution in [0, 0.1) is 0 Å². The summed E-state index contributed by atoms with van der Waals surface area (Å²) in [6, 6.07) is 0. The van der Waals surface area contributed by atoms with Crippen LogP contribution in [0.4, 0.5) is 0 Å². The first kappa shape index (κ1) is 10.8. The Hall–Kier alpha value is 0.777. The number of hydrogen-bond donors (Lipinski definition) is 1. The van der Waals surface area contributed by atoms with Crippen LogP contribution in [0.2, 0.25) is 0 Å². The fraction of sp³-hybridized carbons (Fsp3) is 1.00. The molecule has 0 aromatic rings. The summed E-state index contributed by atoms with van der Waals surface area (Å²) in [5, 5.41) is 0.496. The zero-order valence-corrected chi connectivity index (χ0v) is 8.91. The lowest BCUT2D eigenvalue weighted by Gasteiger charge is -2.20. The Labute approximate surface area is 73.2 Å². The van der Waals surface area contributed by atoms with E-state index in [4.69, 9.17) is 19.9 Å². The number of rotatable bonds is 5. The molecule has 5 heteroatoms. The molecule has 0 aromatic carbocycles. The molecule has 0 aliphatic heterocycles. The lowest BCUT2D eigenvalue weighted by atomic mass is 10.9. The second kappa shape index (κ2) is 5.43. The average Bonchev–Trinajstić information content (AvgIpc) is 1.89. The fourth-order valence-electron chi connectivity index (χ4n) is 0.564. The van der Waals surface area contributed by atoms with Gasteiger partial charge in [-0.2, -0.15) is 12.6 Å². The van der Waals surface area contributed by atoms with Crippen LogP contribution in [0.25, 0.3) is 0 Å². The first-order valence-corrected chi connectivity index (χ1v) is 6.93. The van der Waals surface area contributed by atoms with E-state index in [1.807, 2.05) is 13.8 Å². The van der Waals surface area contributed by atoms with Gasteiger partial charge in [0.05, 0.1) is 0 Å². The highest BCUT2D eigenvalue weighted by atomic mass is 35.6. The number of halogens is 1. The van der Waals surface area contributed by atoms with Gasteiger partial charge in [-0.05, 0) is 13.8 Å². The van der Waals surface area contributed by atoms with Gasteiger partial charge in [-0.1, -0.05) is 11.1 Å². The molecule has 0 saturated heterocycles. The molecule has 2 nitrogen and oxygen atoms in total. The number of thiol groups is 1. The van der Waals surface area contributed by atoms with E-state index in [1.165, 1.54) is 0 Å². The summed E-state index contributed by atoms with van der Waals surface area (Å²) in [5.41, 5.74) is 0. The van der Waals surface area contributed by atoms with Crippen molar-refractivity contribution in [3.05, 3.63) is 0 Å². The average molecular weight is 201 g/mol. The summed E-state index contributed by atoms with van der Waals surface area (Å²) < 4.78 is 10.4. The monoisotopic (exact) mass is 200 g/mol. The molecule has 0 rings (SSSR count). The molecule has 0 atom stereocenters. The lowest BCUT2D eigenvalue weighted by Crippen LogP contribution is -2.38. The van der Waals surface area contributed by atoms with Gasteiger partial charge in [0, 0.05) is 18.6 Å². The Morgan fingerprint density at radius 2 is 1.70 bits per heavy atom. The highest BCUT2D eigenvalue weighted by Gasteiger charge is 2.33. The topological polar surface area (TPSA) is 18.5 Å². The van der Waals surface area contributed by atoms with Crippen molar-refractivity contribution in [1.29, 1.82) is 0 Å². The minimum Gasteiger partial charge on any atom is -0.383 e. The lowest BCUT2D eigenvalue weighted by molar-refractivity contribution is 0.208. The van der Waals surface area contributed by atoms with Gasteiger partial charge in [0.25, 0.3) is 0 Å². The van der Waals surface area contributed by atoms with E-state index in [2.05, 4.69) is 12.6 Å². The predicted molar refractivity (Wildman–Crippen MR) is 48.7 cm³/mol. The number of hydrogen-bond acceptors (Lipinski definition) is 3. The molecule has 0 aliphatic rings. The predicted octanol–water partition coefficient (Wildman–Crippen LogP) is 1.71. The Kier molecular flexibility index (Phi) is 5.85. The third kappa shape index (κ3) is 3.83. The van der Waals surface area contributed by atoms with Gasteiger partial charge in [-0.25, -0.2) is 0 Å². The fourth-order valence-corrected chi connectivity index (χ4v) is 2.89. The molecular formula is C5H13ClO2SSi. The molecule has 0 spiro atoms. The van der Waals surface area contributed by atoms with Crippen molar-refractivity contribution < 1.29 is 8.85 Å². The molecule has 0 heterocycles. The van der Waals surface area contributed by atoms with Crippen molar-refractivity contribution >= 4 is 31.6 Å². The third-order valence-corrected chi connectivity index (χ3v) is 5.59. The maximum Gasteiger partial charge on any atom is 0.453 e. The van der Waals surface area contributed by atoms with Crippen LogP contribution in [0.15, 0.2) is 0 Å². The summed E-state index contributed by atoms with van der Waals surface area (Å²) in [5.74, 6) is 0. The minimum atomic E-state index is -2.39. The first-order chi connectivity index (χ1) is 4.68. The summed E-state index contributed by atoms with van der Waals surface area (Å²) in [4.78, 5) is 0. The maximum atomic E-state index is 5.94. The van der Waals surface area contributed by atoms with E-state index in [-0.39, 0.29) is 0 Å².